The maximum atomic E-state index is 14.7. The standard InChI is InChI=1S/C21H29FN4O6S/c1-21(2,3)18(20(28)23-7-10-33(29)30)24-19(27)16-14-5-4-6-15(22)17(14)26(25-16)11-13-12-31-8-9-32-13/h4-6,13,18H,7-12H2,1-3H3,(H,23,28)(H,24,27)(H,29,30)/p-1/t13-,18?/m0/s1. The van der Waals surface area contributed by atoms with Crippen LogP contribution in [0.15, 0.2) is 18.2 Å². The summed E-state index contributed by atoms with van der Waals surface area (Å²) in [6.07, 6.45) is -0.336. The number of rotatable bonds is 8. The van der Waals surface area contributed by atoms with Crippen molar-refractivity contribution in [3.8, 4) is 0 Å². The van der Waals surface area contributed by atoms with Crippen LogP contribution in [0.1, 0.15) is 31.3 Å². The molecule has 1 aromatic heterocycles. The maximum absolute atomic E-state index is 14.7. The van der Waals surface area contributed by atoms with Gasteiger partial charge in [-0.15, -0.1) is 0 Å². The molecule has 2 amide bonds. The van der Waals surface area contributed by atoms with Gasteiger partial charge in [-0.2, -0.15) is 5.10 Å². The Labute approximate surface area is 193 Å². The van der Waals surface area contributed by atoms with Crippen molar-refractivity contribution in [2.45, 2.75) is 39.5 Å². The monoisotopic (exact) mass is 483 g/mol. The summed E-state index contributed by atoms with van der Waals surface area (Å²) >= 11 is -2.30. The normalized spacial score (nSPS) is 18.6. The number of para-hydroxylation sites is 1. The highest BCUT2D eigenvalue weighted by Gasteiger charge is 2.34. The Bertz CT molecular complexity index is 1030. The molecule has 1 saturated heterocycles. The third-order valence-electron chi connectivity index (χ3n) is 5.17. The van der Waals surface area contributed by atoms with E-state index in [1.165, 1.54) is 16.8 Å². The zero-order valence-electron chi connectivity index (χ0n) is 18.8. The second-order valence-electron chi connectivity index (χ2n) is 8.81. The van der Waals surface area contributed by atoms with Crippen LogP contribution in [-0.4, -0.2) is 74.6 Å². The number of ether oxygens (including phenoxy) is 2. The molecule has 3 atom stereocenters. The van der Waals surface area contributed by atoms with Crippen LogP contribution < -0.4 is 10.6 Å². The summed E-state index contributed by atoms with van der Waals surface area (Å²) in [6, 6.07) is 3.38. The predicted molar refractivity (Wildman–Crippen MR) is 118 cm³/mol. The number of carbonyl (C=O) groups is 2. The van der Waals surface area contributed by atoms with Crippen molar-refractivity contribution in [2.24, 2.45) is 5.41 Å². The van der Waals surface area contributed by atoms with Crippen LogP contribution in [-0.2, 0) is 31.9 Å². The van der Waals surface area contributed by atoms with E-state index in [9.17, 15) is 22.7 Å². The lowest BCUT2D eigenvalue weighted by molar-refractivity contribution is -0.125. The van der Waals surface area contributed by atoms with Crippen LogP contribution in [0.3, 0.4) is 0 Å². The Morgan fingerprint density at radius 2 is 2.12 bits per heavy atom. The van der Waals surface area contributed by atoms with Crippen LogP contribution in [0.4, 0.5) is 4.39 Å². The van der Waals surface area contributed by atoms with E-state index in [1.54, 1.807) is 26.8 Å². The van der Waals surface area contributed by atoms with Crippen molar-refractivity contribution in [1.82, 2.24) is 20.4 Å². The van der Waals surface area contributed by atoms with E-state index in [4.69, 9.17) is 9.47 Å². The van der Waals surface area contributed by atoms with Crippen molar-refractivity contribution in [1.29, 1.82) is 0 Å². The summed E-state index contributed by atoms with van der Waals surface area (Å²) in [6.45, 7) is 6.64. The molecule has 2 aromatic rings. The van der Waals surface area contributed by atoms with Gasteiger partial charge >= 0.3 is 0 Å². The van der Waals surface area contributed by atoms with E-state index >= 15 is 0 Å². The first kappa shape index (κ1) is 25.2. The number of carbonyl (C=O) groups excluding carboxylic acids is 2. The molecule has 12 heteroatoms. The summed E-state index contributed by atoms with van der Waals surface area (Å²) in [5.41, 5.74) is -0.553. The number of halogens is 1. The Hall–Kier alpha value is -2.41. The number of hydrogen-bond donors (Lipinski definition) is 2. The van der Waals surface area contributed by atoms with Gasteiger partial charge < -0.3 is 24.7 Å². The molecule has 1 aromatic carbocycles. The lowest BCUT2D eigenvalue weighted by Crippen LogP contribution is -2.54. The van der Waals surface area contributed by atoms with Gasteiger partial charge in [-0.3, -0.25) is 18.5 Å². The zero-order chi connectivity index (χ0) is 24.2. The second kappa shape index (κ2) is 10.7. The molecule has 0 bridgehead atoms. The van der Waals surface area contributed by atoms with Crippen LogP contribution in [0, 0.1) is 11.2 Å². The average Bonchev–Trinajstić information content (AvgIpc) is 3.11. The Morgan fingerprint density at radius 1 is 1.36 bits per heavy atom. The van der Waals surface area contributed by atoms with Gasteiger partial charge in [0, 0.05) is 17.7 Å². The third-order valence-corrected chi connectivity index (χ3v) is 5.71. The molecule has 0 radical (unpaired) electrons. The molecule has 33 heavy (non-hydrogen) atoms. The van der Waals surface area contributed by atoms with Crippen molar-refractivity contribution in [3.05, 3.63) is 29.7 Å². The molecule has 0 spiro atoms. The Morgan fingerprint density at radius 3 is 2.76 bits per heavy atom. The number of amides is 2. The molecule has 2 unspecified atom stereocenters. The summed E-state index contributed by atoms with van der Waals surface area (Å²) in [5, 5.41) is 9.85. The zero-order valence-corrected chi connectivity index (χ0v) is 19.6. The fourth-order valence-corrected chi connectivity index (χ4v) is 3.83. The van der Waals surface area contributed by atoms with E-state index in [1.807, 2.05) is 0 Å². The second-order valence-corrected chi connectivity index (χ2v) is 9.82. The predicted octanol–water partition coefficient (Wildman–Crippen LogP) is 0.731. The fraction of sp³-hybridized carbons (Fsp3) is 0.571. The highest BCUT2D eigenvalue weighted by atomic mass is 32.2. The molecular weight excluding hydrogens is 455 g/mol. The molecule has 1 aliphatic heterocycles. The van der Waals surface area contributed by atoms with E-state index in [-0.39, 0.29) is 36.2 Å². The highest BCUT2D eigenvalue weighted by Crippen LogP contribution is 2.24. The van der Waals surface area contributed by atoms with Gasteiger partial charge in [0.05, 0.1) is 26.4 Å². The number of benzene rings is 1. The summed E-state index contributed by atoms with van der Waals surface area (Å²) in [5.74, 6) is -1.94. The van der Waals surface area contributed by atoms with Crippen molar-refractivity contribution in [2.75, 3.05) is 32.1 Å². The molecular formula is C21H28FN4O6S-. The van der Waals surface area contributed by atoms with Crippen LogP contribution >= 0.6 is 0 Å². The SMILES string of the molecule is CC(C)(C)C(NC(=O)c1nn(C[C@H]2COCCO2)c2c(F)cccc12)C(=O)NCCS(=O)[O-]. The van der Waals surface area contributed by atoms with E-state index in [2.05, 4.69) is 15.7 Å². The molecule has 0 saturated carbocycles. The smallest absolute Gasteiger partial charge is 0.273 e. The average molecular weight is 484 g/mol. The van der Waals surface area contributed by atoms with Crippen molar-refractivity contribution < 1.29 is 32.2 Å². The summed E-state index contributed by atoms with van der Waals surface area (Å²) < 4.78 is 48.5. The largest absolute Gasteiger partial charge is 0.772 e. The van der Waals surface area contributed by atoms with Gasteiger partial charge in [-0.1, -0.05) is 44.0 Å². The first-order valence-corrected chi connectivity index (χ1v) is 11.8. The van der Waals surface area contributed by atoms with Gasteiger partial charge in [0.1, 0.15) is 23.5 Å². The van der Waals surface area contributed by atoms with Crippen molar-refractivity contribution >= 4 is 33.8 Å². The lowest BCUT2D eigenvalue weighted by Gasteiger charge is -2.30. The van der Waals surface area contributed by atoms with Gasteiger partial charge in [0.15, 0.2) is 5.69 Å². The molecule has 2 heterocycles. The topological polar surface area (TPSA) is 135 Å². The number of nitrogens with zero attached hydrogens (tertiary/aromatic N) is 2. The minimum absolute atomic E-state index is 0.0241. The fourth-order valence-electron chi connectivity index (χ4n) is 3.56. The van der Waals surface area contributed by atoms with E-state index in [0.717, 1.165) is 0 Å². The van der Waals surface area contributed by atoms with Crippen LogP contribution in [0.5, 0.6) is 0 Å². The van der Waals surface area contributed by atoms with Gasteiger partial charge in [-0.05, 0) is 11.5 Å². The van der Waals surface area contributed by atoms with Gasteiger partial charge in [0.25, 0.3) is 5.91 Å². The lowest BCUT2D eigenvalue weighted by atomic mass is 9.86. The summed E-state index contributed by atoms with van der Waals surface area (Å²) in [4.78, 5) is 25.9. The maximum Gasteiger partial charge on any atom is 0.273 e. The molecule has 0 aliphatic carbocycles. The third kappa shape index (κ3) is 6.34. The van der Waals surface area contributed by atoms with Crippen LogP contribution in [0.2, 0.25) is 0 Å². The number of nitrogens with one attached hydrogen (secondary N) is 2. The summed E-state index contributed by atoms with van der Waals surface area (Å²) in [7, 11) is 0. The minimum atomic E-state index is -2.30. The molecule has 182 valence electrons. The molecule has 1 aliphatic rings. The van der Waals surface area contributed by atoms with E-state index < -0.39 is 40.2 Å². The van der Waals surface area contributed by atoms with E-state index in [0.29, 0.717) is 25.2 Å². The molecule has 2 N–H and O–H groups in total. The number of aromatic nitrogens is 2. The number of fused-ring (bicyclic) bond motifs is 1. The van der Waals surface area contributed by atoms with Gasteiger partial charge in [0.2, 0.25) is 5.91 Å². The Balaban J connectivity index is 1.86. The van der Waals surface area contributed by atoms with Gasteiger partial charge in [-0.25, -0.2) is 4.39 Å². The number of hydrogen-bond acceptors (Lipinski definition) is 7. The molecule has 3 rings (SSSR count). The highest BCUT2D eigenvalue weighted by molar-refractivity contribution is 7.79. The van der Waals surface area contributed by atoms with Crippen LogP contribution in [0.25, 0.3) is 10.9 Å². The first-order valence-electron chi connectivity index (χ1n) is 10.6. The first-order chi connectivity index (χ1) is 15.6. The quantitative estimate of drug-likeness (QED) is 0.529. The molecule has 1 fully saturated rings. The Kier molecular flexibility index (Phi) is 8.16. The molecule has 10 nitrogen and oxygen atoms in total. The van der Waals surface area contributed by atoms with Crippen molar-refractivity contribution in [3.63, 3.8) is 0 Å². The minimum Gasteiger partial charge on any atom is -0.772 e.